The van der Waals surface area contributed by atoms with Crippen molar-refractivity contribution in [3.63, 3.8) is 0 Å². The summed E-state index contributed by atoms with van der Waals surface area (Å²) in [7, 11) is 0. The van der Waals surface area contributed by atoms with E-state index in [0.717, 1.165) is 31.9 Å². The van der Waals surface area contributed by atoms with Gasteiger partial charge >= 0.3 is 0 Å². The number of nitrogens with one attached hydrogen (secondary N) is 2. The van der Waals surface area contributed by atoms with Crippen molar-refractivity contribution in [1.82, 2.24) is 15.5 Å². The molecule has 128 valence electrons. The third-order valence-electron chi connectivity index (χ3n) is 4.42. The van der Waals surface area contributed by atoms with Crippen molar-refractivity contribution < 1.29 is 0 Å². The zero-order valence-electron chi connectivity index (χ0n) is 15.5. The van der Waals surface area contributed by atoms with Crippen LogP contribution in [0.4, 0.5) is 0 Å². The maximum absolute atomic E-state index is 4.66. The molecule has 0 bridgehead atoms. The van der Waals surface area contributed by atoms with Crippen LogP contribution >= 0.6 is 0 Å². The summed E-state index contributed by atoms with van der Waals surface area (Å²) in [6.07, 6.45) is 7.18. The lowest BCUT2D eigenvalue weighted by atomic mass is 9.82. The molecule has 0 aromatic heterocycles. The standard InChI is InChI=1S/C19H32N4/c1-7-8-9-21-18-17(16(12-22-18)19(4,5)6)15(3)23-11-10-20-14(2)13-23/h8-9,12,14,20H,7,10-11,13H2,1-6H3,(H,21,22)/b9-8+,17-15+. The Balaban J connectivity index is 2.33. The average molecular weight is 316 g/mol. The molecule has 2 aliphatic heterocycles. The van der Waals surface area contributed by atoms with Crippen LogP contribution in [0.1, 0.15) is 48.0 Å². The molecule has 0 aliphatic carbocycles. The van der Waals surface area contributed by atoms with Gasteiger partial charge in [0.2, 0.25) is 0 Å². The molecule has 1 atom stereocenters. The Labute approximate surface area is 141 Å². The van der Waals surface area contributed by atoms with Crippen molar-refractivity contribution >= 4 is 5.84 Å². The molecule has 0 aromatic rings. The SMILES string of the molecule is CC/C=C/NC1=NC=C(C(C)(C)C)/C1=C(/C)N1CCNC(C)C1. The first-order valence-electron chi connectivity index (χ1n) is 8.74. The molecule has 1 unspecified atom stereocenters. The topological polar surface area (TPSA) is 39.7 Å². The van der Waals surface area contributed by atoms with Gasteiger partial charge in [-0.05, 0) is 37.5 Å². The number of nitrogens with zero attached hydrogens (tertiary/aromatic N) is 2. The molecule has 0 aromatic carbocycles. The molecule has 2 N–H and O–H groups in total. The van der Waals surface area contributed by atoms with Crippen molar-refractivity contribution in [2.45, 2.75) is 54.0 Å². The summed E-state index contributed by atoms with van der Waals surface area (Å²) in [6.45, 7) is 16.5. The van der Waals surface area contributed by atoms with Crippen molar-refractivity contribution in [2.75, 3.05) is 19.6 Å². The molecule has 0 spiro atoms. The van der Waals surface area contributed by atoms with Crippen LogP contribution in [0.3, 0.4) is 0 Å². The largest absolute Gasteiger partial charge is 0.372 e. The molecule has 0 amide bonds. The van der Waals surface area contributed by atoms with Gasteiger partial charge in [0.25, 0.3) is 0 Å². The van der Waals surface area contributed by atoms with Crippen LogP contribution in [0, 0.1) is 5.41 Å². The molecule has 1 saturated heterocycles. The fraction of sp³-hybridized carbons (Fsp3) is 0.632. The second kappa shape index (κ2) is 7.35. The quantitative estimate of drug-likeness (QED) is 0.838. The highest BCUT2D eigenvalue weighted by Gasteiger charge is 2.30. The van der Waals surface area contributed by atoms with Crippen molar-refractivity contribution in [2.24, 2.45) is 10.4 Å². The average Bonchev–Trinajstić information content (AvgIpc) is 2.91. The molecule has 4 nitrogen and oxygen atoms in total. The van der Waals surface area contributed by atoms with E-state index in [1.807, 2.05) is 12.4 Å². The van der Waals surface area contributed by atoms with Crippen molar-refractivity contribution in [3.8, 4) is 0 Å². The monoisotopic (exact) mass is 316 g/mol. The number of amidine groups is 1. The second-order valence-corrected chi connectivity index (χ2v) is 7.49. The van der Waals surface area contributed by atoms with E-state index in [2.05, 4.69) is 68.1 Å². The van der Waals surface area contributed by atoms with Gasteiger partial charge in [-0.15, -0.1) is 0 Å². The smallest absolute Gasteiger partial charge is 0.139 e. The number of hydrogen-bond donors (Lipinski definition) is 2. The van der Waals surface area contributed by atoms with E-state index in [1.54, 1.807) is 0 Å². The molecule has 0 radical (unpaired) electrons. The summed E-state index contributed by atoms with van der Waals surface area (Å²) in [4.78, 5) is 7.15. The van der Waals surface area contributed by atoms with E-state index < -0.39 is 0 Å². The Kier molecular flexibility index (Phi) is 5.69. The maximum Gasteiger partial charge on any atom is 0.139 e. The van der Waals surface area contributed by atoms with Gasteiger partial charge in [-0.1, -0.05) is 33.8 Å². The van der Waals surface area contributed by atoms with E-state index in [-0.39, 0.29) is 5.41 Å². The van der Waals surface area contributed by atoms with Crippen LogP contribution in [-0.4, -0.2) is 36.4 Å². The predicted octanol–water partition coefficient (Wildman–Crippen LogP) is 3.41. The third-order valence-corrected chi connectivity index (χ3v) is 4.42. The summed E-state index contributed by atoms with van der Waals surface area (Å²) in [5.41, 5.74) is 3.99. The minimum absolute atomic E-state index is 0.0810. The summed E-state index contributed by atoms with van der Waals surface area (Å²) in [6, 6.07) is 0.524. The fourth-order valence-corrected chi connectivity index (χ4v) is 3.08. The van der Waals surface area contributed by atoms with Crippen LogP contribution in [0.5, 0.6) is 0 Å². The molecule has 2 aliphatic rings. The Hall–Kier alpha value is -1.55. The first-order valence-corrected chi connectivity index (χ1v) is 8.74. The number of piperazine rings is 1. The van der Waals surface area contributed by atoms with Gasteiger partial charge in [0.15, 0.2) is 0 Å². The molecule has 4 heteroatoms. The van der Waals surface area contributed by atoms with Crippen LogP contribution in [0.15, 0.2) is 40.3 Å². The van der Waals surface area contributed by atoms with E-state index in [9.17, 15) is 0 Å². The highest BCUT2D eigenvalue weighted by molar-refractivity contribution is 6.06. The van der Waals surface area contributed by atoms with Gasteiger partial charge in [-0.25, -0.2) is 4.99 Å². The van der Waals surface area contributed by atoms with Gasteiger partial charge in [-0.3, -0.25) is 0 Å². The lowest BCUT2D eigenvalue weighted by molar-refractivity contribution is 0.255. The molecule has 23 heavy (non-hydrogen) atoms. The van der Waals surface area contributed by atoms with Crippen LogP contribution in [-0.2, 0) is 0 Å². The highest BCUT2D eigenvalue weighted by atomic mass is 15.2. The second-order valence-electron chi connectivity index (χ2n) is 7.49. The number of aliphatic imine (C=N–C) groups is 1. The van der Waals surface area contributed by atoms with Crippen molar-refractivity contribution in [3.05, 3.63) is 35.3 Å². The number of hydrogen-bond acceptors (Lipinski definition) is 4. The number of rotatable bonds is 3. The van der Waals surface area contributed by atoms with Crippen molar-refractivity contribution in [1.29, 1.82) is 0 Å². The fourth-order valence-electron chi connectivity index (χ4n) is 3.08. The normalized spacial score (nSPS) is 24.8. The lowest BCUT2D eigenvalue weighted by Gasteiger charge is -2.36. The van der Waals surface area contributed by atoms with Crippen LogP contribution in [0.2, 0.25) is 0 Å². The maximum atomic E-state index is 4.66. The minimum atomic E-state index is 0.0810. The van der Waals surface area contributed by atoms with Gasteiger partial charge in [0, 0.05) is 43.1 Å². The highest BCUT2D eigenvalue weighted by Crippen LogP contribution is 2.37. The molecule has 1 fully saturated rings. The van der Waals surface area contributed by atoms with E-state index in [1.165, 1.54) is 16.8 Å². The zero-order chi connectivity index (χ0) is 17.0. The minimum Gasteiger partial charge on any atom is -0.372 e. The first kappa shape index (κ1) is 17.8. The Morgan fingerprint density at radius 2 is 2.22 bits per heavy atom. The molecule has 0 saturated carbocycles. The molecule has 2 heterocycles. The Morgan fingerprint density at radius 1 is 1.48 bits per heavy atom. The summed E-state index contributed by atoms with van der Waals surface area (Å²) in [5, 5.41) is 6.90. The molecular weight excluding hydrogens is 284 g/mol. The number of allylic oxidation sites excluding steroid dienone is 2. The summed E-state index contributed by atoms with van der Waals surface area (Å²) >= 11 is 0. The third kappa shape index (κ3) is 4.25. The zero-order valence-corrected chi connectivity index (χ0v) is 15.5. The molecular formula is C19H32N4. The van der Waals surface area contributed by atoms with E-state index in [4.69, 9.17) is 0 Å². The summed E-state index contributed by atoms with van der Waals surface area (Å²) < 4.78 is 0. The van der Waals surface area contributed by atoms with E-state index >= 15 is 0 Å². The lowest BCUT2D eigenvalue weighted by Crippen LogP contribution is -2.48. The predicted molar refractivity (Wildman–Crippen MR) is 99.3 cm³/mol. The van der Waals surface area contributed by atoms with Crippen LogP contribution in [0.25, 0.3) is 0 Å². The van der Waals surface area contributed by atoms with Gasteiger partial charge < -0.3 is 15.5 Å². The van der Waals surface area contributed by atoms with Crippen LogP contribution < -0.4 is 10.6 Å². The van der Waals surface area contributed by atoms with Gasteiger partial charge in [0.1, 0.15) is 5.84 Å². The molecule has 2 rings (SSSR count). The van der Waals surface area contributed by atoms with E-state index in [0.29, 0.717) is 6.04 Å². The Morgan fingerprint density at radius 3 is 2.83 bits per heavy atom. The Bertz CT molecular complexity index is 546. The summed E-state index contributed by atoms with van der Waals surface area (Å²) in [5.74, 6) is 0.975. The van der Waals surface area contributed by atoms with Gasteiger partial charge in [0.05, 0.1) is 0 Å². The first-order chi connectivity index (χ1) is 10.8. The van der Waals surface area contributed by atoms with Gasteiger partial charge in [-0.2, -0.15) is 0 Å².